The van der Waals surface area contributed by atoms with E-state index in [-0.39, 0.29) is 24.3 Å². The highest BCUT2D eigenvalue weighted by Crippen LogP contribution is 2.30. The van der Waals surface area contributed by atoms with Gasteiger partial charge in [0.15, 0.2) is 5.76 Å². The predicted octanol–water partition coefficient (Wildman–Crippen LogP) is 3.54. The van der Waals surface area contributed by atoms with Crippen LogP contribution in [0, 0.1) is 27.1 Å². The van der Waals surface area contributed by atoms with Crippen LogP contribution in [-0.4, -0.2) is 48.7 Å². The first-order valence-electron chi connectivity index (χ1n) is 9.43. The molecule has 0 saturated carbocycles. The van der Waals surface area contributed by atoms with Crippen molar-refractivity contribution in [3.05, 3.63) is 57.2 Å². The molecule has 1 fully saturated rings. The lowest BCUT2D eigenvalue weighted by Gasteiger charge is -2.32. The summed E-state index contributed by atoms with van der Waals surface area (Å²) < 4.78 is 24.3. The third kappa shape index (κ3) is 4.31. The van der Waals surface area contributed by atoms with Crippen molar-refractivity contribution in [1.82, 2.24) is 0 Å². The third-order valence-electron chi connectivity index (χ3n) is 5.01. The molecule has 1 atom stereocenters. The predicted molar refractivity (Wildman–Crippen MR) is 107 cm³/mol. The molecule has 0 radical (unpaired) electrons. The first-order valence-corrected chi connectivity index (χ1v) is 9.43. The van der Waals surface area contributed by atoms with Crippen LogP contribution in [0.3, 0.4) is 0 Å². The number of nitro groups is 1. The van der Waals surface area contributed by atoms with Gasteiger partial charge in [0.1, 0.15) is 10.7 Å². The highest BCUT2D eigenvalue weighted by molar-refractivity contribution is 5.80. The van der Waals surface area contributed by atoms with E-state index in [1.165, 1.54) is 31.5 Å². The standard InChI is InChI=1S/C19H20FN5O5/c1-25(28)12-29-19(22-25)13-6-8-23(9-7-13)17-4-2-14(10-16(17)20)21-11-15-3-5-18(30-15)24(26)27/h2-5,10-11,13H,6-9,12H2,1H3. The molecule has 2 aliphatic rings. The molecule has 10 nitrogen and oxygen atoms in total. The number of hydrogen-bond donors (Lipinski definition) is 0. The number of hydrogen-bond acceptors (Lipinski definition) is 8. The largest absolute Gasteiger partial charge is 0.602 e. The molecule has 11 heteroatoms. The van der Waals surface area contributed by atoms with Crippen LogP contribution in [-0.2, 0) is 4.74 Å². The molecule has 158 valence electrons. The number of aliphatic imine (C=N–C) groups is 1. The second-order valence-electron chi connectivity index (χ2n) is 7.35. The third-order valence-corrected chi connectivity index (χ3v) is 5.01. The first kappa shape index (κ1) is 20.0. The molecule has 4 rings (SSSR count). The molecular formula is C19H20FN5O5. The van der Waals surface area contributed by atoms with E-state index in [1.54, 1.807) is 12.1 Å². The Hall–Kier alpha value is -3.31. The number of anilines is 1. The fourth-order valence-corrected chi connectivity index (χ4v) is 3.50. The van der Waals surface area contributed by atoms with Gasteiger partial charge >= 0.3 is 5.88 Å². The normalized spacial score (nSPS) is 22.4. The minimum absolute atomic E-state index is 0.00247. The van der Waals surface area contributed by atoms with Gasteiger partial charge in [-0.3, -0.25) is 15.1 Å². The van der Waals surface area contributed by atoms with Gasteiger partial charge in [-0.05, 0) is 36.1 Å². The molecule has 1 unspecified atom stereocenters. The van der Waals surface area contributed by atoms with E-state index >= 15 is 0 Å². The van der Waals surface area contributed by atoms with Gasteiger partial charge in [0.2, 0.25) is 6.73 Å². The van der Waals surface area contributed by atoms with Crippen LogP contribution >= 0.6 is 0 Å². The average molecular weight is 417 g/mol. The molecule has 2 aromatic rings. The number of furan rings is 1. The van der Waals surface area contributed by atoms with E-state index in [9.17, 15) is 19.7 Å². The lowest BCUT2D eigenvalue weighted by Crippen LogP contribution is -2.36. The van der Waals surface area contributed by atoms with Crippen LogP contribution in [0.4, 0.5) is 21.6 Å². The highest BCUT2D eigenvalue weighted by Gasteiger charge is 2.32. The molecule has 0 aliphatic carbocycles. The molecule has 1 saturated heterocycles. The van der Waals surface area contributed by atoms with Crippen molar-refractivity contribution in [3.63, 3.8) is 0 Å². The van der Waals surface area contributed by atoms with E-state index in [1.807, 2.05) is 4.90 Å². The van der Waals surface area contributed by atoms with Crippen LogP contribution in [0.2, 0.25) is 0 Å². The van der Waals surface area contributed by atoms with Crippen molar-refractivity contribution in [3.8, 4) is 0 Å². The number of hydroxylamine groups is 2. The Morgan fingerprint density at radius 2 is 2.10 bits per heavy atom. The number of halogens is 1. The molecule has 2 aliphatic heterocycles. The summed E-state index contributed by atoms with van der Waals surface area (Å²) in [6.45, 7) is 1.23. The van der Waals surface area contributed by atoms with Gasteiger partial charge in [-0.15, -0.1) is 0 Å². The first-order chi connectivity index (χ1) is 14.3. The number of rotatable bonds is 5. The molecule has 0 N–H and O–H groups in total. The van der Waals surface area contributed by atoms with E-state index in [0.717, 1.165) is 12.8 Å². The van der Waals surface area contributed by atoms with Crippen LogP contribution in [0.5, 0.6) is 0 Å². The highest BCUT2D eigenvalue weighted by atomic mass is 19.1. The van der Waals surface area contributed by atoms with Gasteiger partial charge in [0.25, 0.3) is 5.90 Å². The smallest absolute Gasteiger partial charge is 0.433 e. The molecule has 0 amide bonds. The van der Waals surface area contributed by atoms with E-state index < -0.39 is 15.5 Å². The Morgan fingerprint density at radius 1 is 1.33 bits per heavy atom. The molecule has 0 bridgehead atoms. The minimum atomic E-state index is -0.766. The van der Waals surface area contributed by atoms with Gasteiger partial charge in [0.05, 0.1) is 30.7 Å². The van der Waals surface area contributed by atoms with Crippen LogP contribution < -0.4 is 4.90 Å². The SMILES string of the molecule is C[N+]1([O-])COC(C2CCN(c3ccc(N=Cc4ccc([N+](=O)[O-])o4)cc3F)CC2)=N1. The van der Waals surface area contributed by atoms with Crippen molar-refractivity contribution in [1.29, 1.82) is 0 Å². The summed E-state index contributed by atoms with van der Waals surface area (Å²) in [5.41, 5.74) is 0.839. The van der Waals surface area contributed by atoms with Crippen LogP contribution in [0.25, 0.3) is 0 Å². The quantitative estimate of drug-likeness (QED) is 0.241. The number of quaternary nitrogens is 1. The van der Waals surface area contributed by atoms with Gasteiger partial charge in [-0.1, -0.05) is 0 Å². The Kier molecular flexibility index (Phi) is 5.22. The molecular weight excluding hydrogens is 397 g/mol. The zero-order chi connectivity index (χ0) is 21.3. The number of nitrogens with zero attached hydrogens (tertiary/aromatic N) is 5. The van der Waals surface area contributed by atoms with Crippen LogP contribution in [0.15, 0.2) is 44.8 Å². The van der Waals surface area contributed by atoms with E-state index in [2.05, 4.69) is 10.1 Å². The summed E-state index contributed by atoms with van der Waals surface area (Å²) in [4.78, 5) is 16.0. The summed E-state index contributed by atoms with van der Waals surface area (Å²) >= 11 is 0. The van der Waals surface area contributed by atoms with Crippen molar-refractivity contribution < 1.29 is 23.2 Å². The van der Waals surface area contributed by atoms with Gasteiger partial charge in [-0.25, -0.2) is 4.39 Å². The van der Waals surface area contributed by atoms with E-state index in [0.29, 0.717) is 30.4 Å². The fraction of sp³-hybridized carbons (Fsp3) is 0.368. The minimum Gasteiger partial charge on any atom is -0.602 e. The summed E-state index contributed by atoms with van der Waals surface area (Å²) in [6.07, 6.45) is 2.74. The summed E-state index contributed by atoms with van der Waals surface area (Å²) in [7, 11) is 1.44. The van der Waals surface area contributed by atoms with Crippen molar-refractivity contribution in [2.45, 2.75) is 12.8 Å². The molecule has 0 spiro atoms. The lowest BCUT2D eigenvalue weighted by atomic mass is 9.96. The second-order valence-corrected chi connectivity index (χ2v) is 7.35. The number of benzene rings is 1. The summed E-state index contributed by atoms with van der Waals surface area (Å²) in [5.74, 6) is -0.0195. The van der Waals surface area contributed by atoms with E-state index in [4.69, 9.17) is 9.15 Å². The maximum Gasteiger partial charge on any atom is 0.433 e. The van der Waals surface area contributed by atoms with Gasteiger partial charge in [-0.2, -0.15) is 4.76 Å². The Bertz CT molecular complexity index is 1010. The van der Waals surface area contributed by atoms with Crippen molar-refractivity contribution in [2.24, 2.45) is 16.0 Å². The van der Waals surface area contributed by atoms with Gasteiger partial charge in [0, 0.05) is 25.1 Å². The summed E-state index contributed by atoms with van der Waals surface area (Å²) in [5, 5.41) is 26.5. The maximum atomic E-state index is 14.6. The monoisotopic (exact) mass is 417 g/mol. The van der Waals surface area contributed by atoms with Crippen molar-refractivity contribution >= 4 is 29.4 Å². The number of ether oxygens (including phenoxy) is 1. The zero-order valence-corrected chi connectivity index (χ0v) is 16.2. The van der Waals surface area contributed by atoms with Gasteiger partial charge < -0.3 is 19.3 Å². The molecule has 1 aromatic heterocycles. The summed E-state index contributed by atoms with van der Waals surface area (Å²) in [6, 6.07) is 7.28. The Balaban J connectivity index is 1.39. The Labute approximate surface area is 171 Å². The molecule has 3 heterocycles. The topological polar surface area (TPSA) is 117 Å². The lowest BCUT2D eigenvalue weighted by molar-refractivity contribution is -0.874. The van der Waals surface area contributed by atoms with Crippen LogP contribution in [0.1, 0.15) is 18.6 Å². The fourth-order valence-electron chi connectivity index (χ4n) is 3.50. The second kappa shape index (κ2) is 7.84. The number of piperidine rings is 1. The van der Waals surface area contributed by atoms with Crippen molar-refractivity contribution in [2.75, 3.05) is 31.8 Å². The molecule has 1 aromatic carbocycles. The Morgan fingerprint density at radius 3 is 2.70 bits per heavy atom. The zero-order valence-electron chi connectivity index (χ0n) is 16.2. The average Bonchev–Trinajstić information content (AvgIpc) is 3.33. The maximum absolute atomic E-state index is 14.6. The molecule has 30 heavy (non-hydrogen) atoms.